The Morgan fingerprint density at radius 2 is 1.62 bits per heavy atom. The van der Waals surface area contributed by atoms with Crippen molar-refractivity contribution in [2.75, 3.05) is 0 Å². The van der Waals surface area contributed by atoms with E-state index in [0.717, 1.165) is 10.9 Å². The number of carbonyl (C=O) groups excluding carboxylic acids is 3. The lowest BCUT2D eigenvalue weighted by Crippen LogP contribution is -2.54. The van der Waals surface area contributed by atoms with Crippen molar-refractivity contribution in [2.24, 2.45) is 5.92 Å². The molecule has 8 heteroatoms. The van der Waals surface area contributed by atoms with Crippen molar-refractivity contribution in [3.05, 3.63) is 70.9 Å². The maximum Gasteiger partial charge on any atom is 0.271 e. The second kappa shape index (κ2) is 8.79. The van der Waals surface area contributed by atoms with Gasteiger partial charge in [0, 0.05) is 27.7 Å². The van der Waals surface area contributed by atoms with Crippen LogP contribution in [0, 0.1) is 5.92 Å². The Labute approximate surface area is 172 Å². The summed E-state index contributed by atoms with van der Waals surface area (Å²) in [5.74, 6) is -1.58. The molecule has 3 amide bonds. The van der Waals surface area contributed by atoms with Gasteiger partial charge in [-0.15, -0.1) is 0 Å². The average Bonchev–Trinajstić information content (AvgIpc) is 3.14. The topological polar surface area (TPSA) is 103 Å². The summed E-state index contributed by atoms with van der Waals surface area (Å²) in [6.45, 7) is 3.60. The number of hydrogen-bond donors (Lipinski definition) is 4. The highest BCUT2D eigenvalue weighted by Gasteiger charge is 2.25. The normalized spacial score (nSPS) is 11.9. The molecule has 0 saturated heterocycles. The molecule has 1 aromatic heterocycles. The van der Waals surface area contributed by atoms with Gasteiger partial charge in [0.15, 0.2) is 0 Å². The van der Waals surface area contributed by atoms with Gasteiger partial charge in [-0.2, -0.15) is 0 Å². The SMILES string of the molecule is CC(C)[C@H](NC(=O)c1ccc(Cl)cc1)C(=O)NNC(=O)c1c[nH]c2ccccc12. The summed E-state index contributed by atoms with van der Waals surface area (Å²) in [4.78, 5) is 40.4. The highest BCUT2D eigenvalue weighted by atomic mass is 35.5. The summed E-state index contributed by atoms with van der Waals surface area (Å²) in [5, 5.41) is 3.95. The molecule has 3 rings (SSSR count). The van der Waals surface area contributed by atoms with Gasteiger partial charge in [-0.3, -0.25) is 25.2 Å². The van der Waals surface area contributed by atoms with Crippen LogP contribution >= 0.6 is 11.6 Å². The first-order valence-corrected chi connectivity index (χ1v) is 9.47. The molecule has 0 bridgehead atoms. The zero-order valence-electron chi connectivity index (χ0n) is 16.0. The van der Waals surface area contributed by atoms with E-state index < -0.39 is 23.8 Å². The number of aromatic amines is 1. The van der Waals surface area contributed by atoms with Crippen LogP contribution in [0.2, 0.25) is 5.02 Å². The van der Waals surface area contributed by atoms with Crippen LogP contribution < -0.4 is 16.2 Å². The summed E-state index contributed by atoms with van der Waals surface area (Å²) in [6, 6.07) is 12.9. The van der Waals surface area contributed by atoms with E-state index in [4.69, 9.17) is 11.6 Å². The predicted molar refractivity (Wildman–Crippen MR) is 111 cm³/mol. The fourth-order valence-corrected chi connectivity index (χ4v) is 3.01. The van der Waals surface area contributed by atoms with E-state index in [1.807, 2.05) is 24.3 Å². The Hall–Kier alpha value is -3.32. The molecule has 0 radical (unpaired) electrons. The van der Waals surface area contributed by atoms with E-state index in [0.29, 0.717) is 16.1 Å². The first-order chi connectivity index (χ1) is 13.9. The molecular weight excluding hydrogens is 392 g/mol. The lowest BCUT2D eigenvalue weighted by Gasteiger charge is -2.21. The molecule has 2 aromatic carbocycles. The van der Waals surface area contributed by atoms with E-state index in [2.05, 4.69) is 21.2 Å². The first-order valence-electron chi connectivity index (χ1n) is 9.09. The van der Waals surface area contributed by atoms with Gasteiger partial charge in [0.05, 0.1) is 5.56 Å². The molecule has 0 unspecified atom stereocenters. The molecule has 0 spiro atoms. The summed E-state index contributed by atoms with van der Waals surface area (Å²) >= 11 is 5.83. The van der Waals surface area contributed by atoms with Crippen molar-refractivity contribution in [1.29, 1.82) is 0 Å². The highest BCUT2D eigenvalue weighted by molar-refractivity contribution is 6.30. The van der Waals surface area contributed by atoms with E-state index in [9.17, 15) is 14.4 Å². The number of rotatable bonds is 5. The lowest BCUT2D eigenvalue weighted by molar-refractivity contribution is -0.124. The van der Waals surface area contributed by atoms with Gasteiger partial charge in [0.2, 0.25) is 0 Å². The zero-order valence-corrected chi connectivity index (χ0v) is 16.7. The van der Waals surface area contributed by atoms with Gasteiger partial charge >= 0.3 is 0 Å². The van der Waals surface area contributed by atoms with Crippen molar-refractivity contribution in [3.63, 3.8) is 0 Å². The minimum absolute atomic E-state index is 0.198. The number of hydrazine groups is 1. The number of nitrogens with one attached hydrogen (secondary N) is 4. The summed E-state index contributed by atoms with van der Waals surface area (Å²) < 4.78 is 0. The molecule has 4 N–H and O–H groups in total. The van der Waals surface area contributed by atoms with E-state index in [1.54, 1.807) is 44.3 Å². The van der Waals surface area contributed by atoms with Gasteiger partial charge < -0.3 is 10.3 Å². The Kier molecular flexibility index (Phi) is 6.19. The third-order valence-corrected chi connectivity index (χ3v) is 4.73. The van der Waals surface area contributed by atoms with Gasteiger partial charge in [0.1, 0.15) is 6.04 Å². The Morgan fingerprint density at radius 3 is 2.31 bits per heavy atom. The zero-order chi connectivity index (χ0) is 21.0. The molecule has 0 aliphatic heterocycles. The fraction of sp³-hybridized carbons (Fsp3) is 0.190. The Balaban J connectivity index is 1.64. The maximum atomic E-state index is 12.6. The van der Waals surface area contributed by atoms with Crippen LogP contribution in [-0.2, 0) is 4.79 Å². The summed E-state index contributed by atoms with van der Waals surface area (Å²) in [6.07, 6.45) is 1.58. The molecule has 29 heavy (non-hydrogen) atoms. The molecule has 7 nitrogen and oxygen atoms in total. The van der Waals surface area contributed by atoms with Crippen molar-refractivity contribution in [2.45, 2.75) is 19.9 Å². The predicted octanol–water partition coefficient (Wildman–Crippen LogP) is 3.04. The van der Waals surface area contributed by atoms with E-state index in [-0.39, 0.29) is 5.92 Å². The van der Waals surface area contributed by atoms with Crippen molar-refractivity contribution in [1.82, 2.24) is 21.2 Å². The molecule has 0 aliphatic carbocycles. The summed E-state index contributed by atoms with van der Waals surface area (Å²) in [5.41, 5.74) is 6.41. The molecule has 3 aromatic rings. The Bertz CT molecular complexity index is 1040. The van der Waals surface area contributed by atoms with Crippen LogP contribution in [0.3, 0.4) is 0 Å². The standard InChI is InChI=1S/C21H21ClN4O3/c1-12(2)18(24-19(27)13-7-9-14(22)10-8-13)21(29)26-25-20(28)16-11-23-17-6-4-3-5-15(16)17/h3-12,18,23H,1-2H3,(H,24,27)(H,25,28)(H,26,29)/t18-/m0/s1. The molecule has 150 valence electrons. The largest absolute Gasteiger partial charge is 0.360 e. The minimum Gasteiger partial charge on any atom is -0.360 e. The number of hydrogen-bond acceptors (Lipinski definition) is 3. The van der Waals surface area contributed by atoms with Crippen molar-refractivity contribution >= 4 is 40.2 Å². The monoisotopic (exact) mass is 412 g/mol. The number of para-hydroxylation sites is 1. The molecule has 1 heterocycles. The second-order valence-corrected chi connectivity index (χ2v) is 7.33. The quantitative estimate of drug-likeness (QED) is 0.484. The van der Waals surface area contributed by atoms with Crippen molar-refractivity contribution < 1.29 is 14.4 Å². The number of halogens is 1. The number of fused-ring (bicyclic) bond motifs is 1. The van der Waals surface area contributed by atoms with E-state index in [1.165, 1.54) is 0 Å². The number of aromatic nitrogens is 1. The number of carbonyl (C=O) groups is 3. The van der Waals surface area contributed by atoms with Gasteiger partial charge in [-0.1, -0.05) is 43.6 Å². The fourth-order valence-electron chi connectivity index (χ4n) is 2.88. The maximum absolute atomic E-state index is 12.6. The van der Waals surface area contributed by atoms with Crippen LogP contribution in [0.5, 0.6) is 0 Å². The minimum atomic E-state index is -0.832. The van der Waals surface area contributed by atoms with Crippen LogP contribution in [0.4, 0.5) is 0 Å². The highest BCUT2D eigenvalue weighted by Crippen LogP contribution is 2.17. The van der Waals surface area contributed by atoms with Gasteiger partial charge in [-0.05, 0) is 36.2 Å². The molecule has 0 aliphatic rings. The van der Waals surface area contributed by atoms with Gasteiger partial charge in [-0.25, -0.2) is 0 Å². The Morgan fingerprint density at radius 1 is 0.931 bits per heavy atom. The van der Waals surface area contributed by atoms with Crippen LogP contribution in [0.1, 0.15) is 34.6 Å². The molecule has 0 saturated carbocycles. The molecular formula is C21H21ClN4O3. The number of H-pyrrole nitrogens is 1. The third-order valence-electron chi connectivity index (χ3n) is 4.48. The lowest BCUT2D eigenvalue weighted by atomic mass is 10.0. The second-order valence-electron chi connectivity index (χ2n) is 6.89. The average molecular weight is 413 g/mol. The van der Waals surface area contributed by atoms with Gasteiger partial charge in [0.25, 0.3) is 17.7 Å². The summed E-state index contributed by atoms with van der Waals surface area (Å²) in [7, 11) is 0. The smallest absolute Gasteiger partial charge is 0.271 e. The van der Waals surface area contributed by atoms with Crippen LogP contribution in [-0.4, -0.2) is 28.7 Å². The van der Waals surface area contributed by atoms with Crippen LogP contribution in [0.25, 0.3) is 10.9 Å². The third kappa shape index (κ3) is 4.75. The molecule has 1 atom stereocenters. The van der Waals surface area contributed by atoms with E-state index >= 15 is 0 Å². The number of amides is 3. The van der Waals surface area contributed by atoms with Crippen molar-refractivity contribution in [3.8, 4) is 0 Å². The first kappa shape index (κ1) is 20.4. The molecule has 0 fully saturated rings. The van der Waals surface area contributed by atoms with Crippen LogP contribution in [0.15, 0.2) is 54.7 Å². The number of benzene rings is 2.